The minimum Gasteiger partial charge on any atom is -0.265 e. The van der Waals surface area contributed by atoms with Crippen LogP contribution in [0.4, 0.5) is 0 Å². The highest BCUT2D eigenvalue weighted by Gasteiger charge is 2.30. The summed E-state index contributed by atoms with van der Waals surface area (Å²) in [6.45, 7) is 4.48. The monoisotopic (exact) mass is 329 g/mol. The van der Waals surface area contributed by atoms with Crippen LogP contribution in [0.1, 0.15) is 38.6 Å². The number of aromatic nitrogens is 5. The van der Waals surface area contributed by atoms with E-state index in [0.717, 1.165) is 34.2 Å². The van der Waals surface area contributed by atoms with E-state index >= 15 is 0 Å². The SMILES string of the molecule is CC(C)CC1CC(c2nnc3sc(-c4ccncc4)nn23)NN1. The fourth-order valence-corrected chi connectivity index (χ4v) is 3.83. The van der Waals surface area contributed by atoms with E-state index in [1.54, 1.807) is 23.7 Å². The molecule has 0 saturated carbocycles. The van der Waals surface area contributed by atoms with E-state index in [1.165, 1.54) is 0 Å². The second kappa shape index (κ2) is 5.95. The maximum absolute atomic E-state index is 4.69. The molecular weight excluding hydrogens is 310 g/mol. The van der Waals surface area contributed by atoms with Gasteiger partial charge in [-0.1, -0.05) is 25.2 Å². The molecule has 4 heterocycles. The first-order chi connectivity index (χ1) is 11.2. The fraction of sp³-hybridized carbons (Fsp3) is 0.467. The van der Waals surface area contributed by atoms with Crippen molar-refractivity contribution in [3.8, 4) is 10.6 Å². The predicted molar refractivity (Wildman–Crippen MR) is 88.8 cm³/mol. The van der Waals surface area contributed by atoms with E-state index in [-0.39, 0.29) is 6.04 Å². The first-order valence-corrected chi connectivity index (χ1v) is 8.66. The van der Waals surface area contributed by atoms with Crippen LogP contribution in [0.3, 0.4) is 0 Å². The van der Waals surface area contributed by atoms with Gasteiger partial charge in [0.2, 0.25) is 4.96 Å². The zero-order valence-electron chi connectivity index (χ0n) is 13.1. The van der Waals surface area contributed by atoms with Crippen molar-refractivity contribution in [1.29, 1.82) is 0 Å². The van der Waals surface area contributed by atoms with E-state index in [4.69, 9.17) is 0 Å². The summed E-state index contributed by atoms with van der Waals surface area (Å²) in [5.74, 6) is 1.54. The van der Waals surface area contributed by atoms with Gasteiger partial charge in [-0.25, -0.2) is 5.43 Å². The first-order valence-electron chi connectivity index (χ1n) is 7.84. The summed E-state index contributed by atoms with van der Waals surface area (Å²) in [6.07, 6.45) is 5.70. The summed E-state index contributed by atoms with van der Waals surface area (Å²) in [5, 5.41) is 14.2. The van der Waals surface area contributed by atoms with Crippen LogP contribution >= 0.6 is 11.3 Å². The molecule has 2 atom stereocenters. The van der Waals surface area contributed by atoms with Crippen LogP contribution in [0.15, 0.2) is 24.5 Å². The lowest BCUT2D eigenvalue weighted by Crippen LogP contribution is -2.32. The molecule has 4 rings (SSSR count). The van der Waals surface area contributed by atoms with E-state index in [9.17, 15) is 0 Å². The van der Waals surface area contributed by atoms with Crippen molar-refractivity contribution in [1.82, 2.24) is 35.6 Å². The van der Waals surface area contributed by atoms with Crippen LogP contribution < -0.4 is 10.9 Å². The quantitative estimate of drug-likeness (QED) is 0.764. The summed E-state index contributed by atoms with van der Waals surface area (Å²) >= 11 is 1.54. The Morgan fingerprint density at radius 3 is 2.87 bits per heavy atom. The Hall–Kier alpha value is -1.90. The zero-order valence-corrected chi connectivity index (χ0v) is 13.9. The highest BCUT2D eigenvalue weighted by molar-refractivity contribution is 7.19. The number of nitrogens with one attached hydrogen (secondary N) is 2. The third-order valence-electron chi connectivity index (χ3n) is 3.99. The first kappa shape index (κ1) is 14.7. The molecule has 120 valence electrons. The number of rotatable bonds is 4. The smallest absolute Gasteiger partial charge is 0.235 e. The zero-order chi connectivity index (χ0) is 15.8. The number of pyridine rings is 1. The van der Waals surface area contributed by atoms with E-state index in [1.807, 2.05) is 16.6 Å². The molecule has 23 heavy (non-hydrogen) atoms. The van der Waals surface area contributed by atoms with Gasteiger partial charge in [-0.05, 0) is 30.9 Å². The molecule has 0 spiro atoms. The van der Waals surface area contributed by atoms with Crippen molar-refractivity contribution in [3.05, 3.63) is 30.4 Å². The molecule has 0 amide bonds. The third kappa shape index (κ3) is 2.85. The predicted octanol–water partition coefficient (Wildman–Crippen LogP) is 2.20. The Kier molecular flexibility index (Phi) is 3.80. The summed E-state index contributed by atoms with van der Waals surface area (Å²) in [7, 11) is 0. The van der Waals surface area contributed by atoms with Gasteiger partial charge in [0.15, 0.2) is 5.82 Å². The molecule has 0 radical (unpaired) electrons. The van der Waals surface area contributed by atoms with Crippen LogP contribution in [0, 0.1) is 5.92 Å². The molecule has 7 nitrogen and oxygen atoms in total. The lowest BCUT2D eigenvalue weighted by molar-refractivity contribution is 0.446. The molecule has 2 unspecified atom stereocenters. The highest BCUT2D eigenvalue weighted by atomic mass is 32.1. The van der Waals surface area contributed by atoms with Gasteiger partial charge in [-0.2, -0.15) is 9.61 Å². The van der Waals surface area contributed by atoms with Crippen LogP contribution in [-0.2, 0) is 0 Å². The van der Waals surface area contributed by atoms with Crippen LogP contribution in [0.2, 0.25) is 0 Å². The Balaban J connectivity index is 1.61. The molecule has 8 heteroatoms. The van der Waals surface area contributed by atoms with Crippen molar-refractivity contribution in [2.75, 3.05) is 0 Å². The van der Waals surface area contributed by atoms with Crippen molar-refractivity contribution < 1.29 is 0 Å². The molecule has 1 aliphatic rings. The van der Waals surface area contributed by atoms with E-state index < -0.39 is 0 Å². The fourth-order valence-electron chi connectivity index (χ4n) is 2.98. The van der Waals surface area contributed by atoms with Gasteiger partial charge in [0.25, 0.3) is 0 Å². The van der Waals surface area contributed by atoms with Crippen molar-refractivity contribution >= 4 is 16.3 Å². The standard InChI is InChI=1S/C15H19N7S/c1-9(2)7-11-8-12(18-17-11)13-19-20-15-22(13)21-14(23-15)10-3-5-16-6-4-10/h3-6,9,11-12,17-18H,7-8H2,1-2H3. The molecule has 1 saturated heterocycles. The average Bonchev–Trinajstić information content (AvgIpc) is 3.22. The topological polar surface area (TPSA) is 80.0 Å². The van der Waals surface area contributed by atoms with Gasteiger partial charge in [-0.15, -0.1) is 10.2 Å². The van der Waals surface area contributed by atoms with Gasteiger partial charge < -0.3 is 0 Å². The van der Waals surface area contributed by atoms with E-state index in [0.29, 0.717) is 12.0 Å². The third-order valence-corrected chi connectivity index (χ3v) is 4.94. The second-order valence-electron chi connectivity index (χ2n) is 6.30. The maximum Gasteiger partial charge on any atom is 0.235 e. The highest BCUT2D eigenvalue weighted by Crippen LogP contribution is 2.28. The molecule has 1 fully saturated rings. The molecule has 0 aromatic carbocycles. The minimum atomic E-state index is 0.140. The Labute approximate surface area is 138 Å². The summed E-state index contributed by atoms with van der Waals surface area (Å²) in [6, 6.07) is 4.52. The number of hydrogen-bond donors (Lipinski definition) is 2. The maximum atomic E-state index is 4.69. The van der Waals surface area contributed by atoms with Crippen molar-refractivity contribution in [2.24, 2.45) is 5.92 Å². The molecule has 3 aromatic heterocycles. The van der Waals surface area contributed by atoms with Crippen molar-refractivity contribution in [2.45, 2.75) is 38.8 Å². The largest absolute Gasteiger partial charge is 0.265 e. The lowest BCUT2D eigenvalue weighted by atomic mass is 10.00. The Bertz CT molecular complexity index is 795. The number of hydrazine groups is 1. The average molecular weight is 329 g/mol. The van der Waals surface area contributed by atoms with Gasteiger partial charge in [0.1, 0.15) is 5.01 Å². The number of hydrogen-bond acceptors (Lipinski definition) is 7. The second-order valence-corrected chi connectivity index (χ2v) is 7.26. The van der Waals surface area contributed by atoms with Crippen LogP contribution in [0.5, 0.6) is 0 Å². The number of nitrogens with zero attached hydrogens (tertiary/aromatic N) is 5. The normalized spacial score (nSPS) is 21.5. The van der Waals surface area contributed by atoms with Gasteiger partial charge in [0, 0.05) is 24.0 Å². The summed E-state index contributed by atoms with van der Waals surface area (Å²) in [4.78, 5) is 4.87. The van der Waals surface area contributed by atoms with Gasteiger partial charge >= 0.3 is 0 Å². The van der Waals surface area contributed by atoms with E-state index in [2.05, 4.69) is 45.0 Å². The Morgan fingerprint density at radius 1 is 1.26 bits per heavy atom. The Morgan fingerprint density at radius 2 is 2.09 bits per heavy atom. The van der Waals surface area contributed by atoms with Crippen molar-refractivity contribution in [3.63, 3.8) is 0 Å². The lowest BCUT2D eigenvalue weighted by Gasteiger charge is -2.11. The minimum absolute atomic E-state index is 0.140. The van der Waals surface area contributed by atoms with Crippen LogP contribution in [-0.4, -0.2) is 30.8 Å². The summed E-state index contributed by atoms with van der Waals surface area (Å²) in [5.41, 5.74) is 7.76. The molecular formula is C15H19N7S. The summed E-state index contributed by atoms with van der Waals surface area (Å²) < 4.78 is 1.86. The molecule has 3 aromatic rings. The number of fused-ring (bicyclic) bond motifs is 1. The van der Waals surface area contributed by atoms with Gasteiger partial charge in [0.05, 0.1) is 6.04 Å². The van der Waals surface area contributed by atoms with Crippen LogP contribution in [0.25, 0.3) is 15.5 Å². The molecule has 2 N–H and O–H groups in total. The molecule has 1 aliphatic heterocycles. The molecule has 0 aliphatic carbocycles. The van der Waals surface area contributed by atoms with Gasteiger partial charge in [-0.3, -0.25) is 10.4 Å². The molecule has 0 bridgehead atoms.